The van der Waals surface area contributed by atoms with Gasteiger partial charge < -0.3 is 20.5 Å². The summed E-state index contributed by atoms with van der Waals surface area (Å²) in [6, 6.07) is 0.257. The lowest BCUT2D eigenvalue weighted by Crippen LogP contribution is -2.33. The van der Waals surface area contributed by atoms with Crippen molar-refractivity contribution in [2.45, 2.75) is 45.8 Å². The minimum absolute atomic E-state index is 0.0151. The lowest BCUT2D eigenvalue weighted by atomic mass is 10.0. The summed E-state index contributed by atoms with van der Waals surface area (Å²) in [5.41, 5.74) is -0.800. The molecular weight excluding hydrogens is 246 g/mol. The van der Waals surface area contributed by atoms with Crippen LogP contribution in [-0.4, -0.2) is 45.4 Å². The van der Waals surface area contributed by atoms with Gasteiger partial charge in [-0.05, 0) is 27.2 Å². The number of anilines is 2. The molecule has 0 aliphatic carbocycles. The predicted molar refractivity (Wildman–Crippen MR) is 74.5 cm³/mol. The minimum Gasteiger partial charge on any atom is -0.461 e. The molecule has 0 aromatic carbocycles. The molecule has 0 aliphatic rings. The third-order valence-electron chi connectivity index (χ3n) is 2.57. The molecule has 3 N–H and O–H groups in total. The van der Waals surface area contributed by atoms with E-state index in [0.29, 0.717) is 24.9 Å². The number of nitrogens with zero attached hydrogens (tertiary/aromatic N) is 3. The highest BCUT2D eigenvalue weighted by Crippen LogP contribution is 2.14. The second kappa shape index (κ2) is 6.51. The molecule has 1 heterocycles. The van der Waals surface area contributed by atoms with Gasteiger partial charge in [0.1, 0.15) is 0 Å². The topological polar surface area (TPSA) is 92.2 Å². The fourth-order valence-electron chi connectivity index (χ4n) is 1.21. The van der Waals surface area contributed by atoms with Crippen LogP contribution in [0.5, 0.6) is 6.01 Å². The van der Waals surface area contributed by atoms with Gasteiger partial charge in [-0.2, -0.15) is 15.0 Å². The minimum atomic E-state index is -0.800. The maximum Gasteiger partial charge on any atom is 0.323 e. The number of aromatic nitrogens is 3. The molecule has 0 bridgehead atoms. The molecule has 0 saturated carbocycles. The highest BCUT2D eigenvalue weighted by molar-refractivity contribution is 5.35. The quantitative estimate of drug-likeness (QED) is 0.686. The molecule has 0 spiro atoms. The van der Waals surface area contributed by atoms with Gasteiger partial charge in [0.15, 0.2) is 0 Å². The zero-order chi connectivity index (χ0) is 14.5. The maximum atomic E-state index is 9.95. The summed E-state index contributed by atoms with van der Waals surface area (Å²) in [6.45, 7) is 7.83. The van der Waals surface area contributed by atoms with Crippen LogP contribution in [0.25, 0.3) is 0 Å². The van der Waals surface area contributed by atoms with E-state index in [1.165, 1.54) is 0 Å². The summed E-state index contributed by atoms with van der Waals surface area (Å²) in [6.07, 6.45) is 0.623. The average molecular weight is 269 g/mol. The summed E-state index contributed by atoms with van der Waals surface area (Å²) >= 11 is 0. The van der Waals surface area contributed by atoms with Gasteiger partial charge in [-0.3, -0.25) is 0 Å². The van der Waals surface area contributed by atoms with E-state index in [1.807, 2.05) is 20.8 Å². The fraction of sp³-hybridized carbons (Fsp3) is 0.750. The van der Waals surface area contributed by atoms with E-state index in [0.717, 1.165) is 0 Å². The average Bonchev–Trinajstić information content (AvgIpc) is 2.35. The van der Waals surface area contributed by atoms with Gasteiger partial charge in [-0.1, -0.05) is 6.92 Å². The molecule has 0 saturated heterocycles. The standard InChI is InChI=1S/C12H23N5O2/c1-6-12(4,18)7-14-10-15-9(13-5)16-11(17-10)19-8(2)3/h8,18H,6-7H2,1-5H3,(H2,13,14,15,16,17). The van der Waals surface area contributed by atoms with Gasteiger partial charge in [-0.25, -0.2) is 0 Å². The molecule has 0 aliphatic heterocycles. The van der Waals surface area contributed by atoms with Gasteiger partial charge >= 0.3 is 6.01 Å². The zero-order valence-electron chi connectivity index (χ0n) is 12.2. The van der Waals surface area contributed by atoms with E-state index in [2.05, 4.69) is 25.6 Å². The monoisotopic (exact) mass is 269 g/mol. The van der Waals surface area contributed by atoms with Crippen LogP contribution >= 0.6 is 0 Å². The number of ether oxygens (including phenoxy) is 1. The Morgan fingerprint density at radius 2 is 1.89 bits per heavy atom. The Bertz CT molecular complexity index is 409. The Morgan fingerprint density at radius 1 is 1.26 bits per heavy atom. The molecular formula is C12H23N5O2. The molecule has 1 atom stereocenters. The molecule has 1 aromatic rings. The highest BCUT2D eigenvalue weighted by Gasteiger charge is 2.18. The number of rotatable bonds is 7. The molecule has 1 unspecified atom stereocenters. The van der Waals surface area contributed by atoms with Gasteiger partial charge in [0.25, 0.3) is 0 Å². The largest absolute Gasteiger partial charge is 0.461 e. The maximum absolute atomic E-state index is 9.95. The van der Waals surface area contributed by atoms with Crippen molar-refractivity contribution < 1.29 is 9.84 Å². The molecule has 19 heavy (non-hydrogen) atoms. The smallest absolute Gasteiger partial charge is 0.323 e. The van der Waals surface area contributed by atoms with Crippen molar-refractivity contribution in [1.29, 1.82) is 0 Å². The molecule has 7 heteroatoms. The van der Waals surface area contributed by atoms with Crippen molar-refractivity contribution in [3.63, 3.8) is 0 Å². The van der Waals surface area contributed by atoms with Crippen molar-refractivity contribution in [1.82, 2.24) is 15.0 Å². The summed E-state index contributed by atoms with van der Waals surface area (Å²) < 4.78 is 5.45. The number of nitrogens with one attached hydrogen (secondary N) is 2. The summed E-state index contributed by atoms with van der Waals surface area (Å²) in [5.74, 6) is 0.799. The molecule has 108 valence electrons. The molecule has 1 rings (SSSR count). The summed E-state index contributed by atoms with van der Waals surface area (Å²) in [4.78, 5) is 12.4. The van der Waals surface area contributed by atoms with E-state index >= 15 is 0 Å². The fourth-order valence-corrected chi connectivity index (χ4v) is 1.21. The third kappa shape index (κ3) is 5.25. The number of hydrogen-bond donors (Lipinski definition) is 3. The number of hydrogen-bond acceptors (Lipinski definition) is 7. The highest BCUT2D eigenvalue weighted by atomic mass is 16.5. The first-order valence-corrected chi connectivity index (χ1v) is 6.43. The Labute approximate surface area is 113 Å². The van der Waals surface area contributed by atoms with Crippen LogP contribution in [0.2, 0.25) is 0 Å². The van der Waals surface area contributed by atoms with E-state index < -0.39 is 5.60 Å². The van der Waals surface area contributed by atoms with Crippen LogP contribution in [0.15, 0.2) is 0 Å². The summed E-state index contributed by atoms with van der Waals surface area (Å²) in [5, 5.41) is 15.8. The second-order valence-corrected chi connectivity index (χ2v) is 4.89. The third-order valence-corrected chi connectivity index (χ3v) is 2.57. The van der Waals surface area contributed by atoms with Gasteiger partial charge in [-0.15, -0.1) is 0 Å². The summed E-state index contributed by atoms with van der Waals surface area (Å²) in [7, 11) is 1.72. The van der Waals surface area contributed by atoms with Crippen LogP contribution in [0.4, 0.5) is 11.9 Å². The van der Waals surface area contributed by atoms with E-state index in [1.54, 1.807) is 14.0 Å². The van der Waals surface area contributed by atoms with E-state index in [9.17, 15) is 5.11 Å². The zero-order valence-corrected chi connectivity index (χ0v) is 12.2. The molecule has 0 fully saturated rings. The van der Waals surface area contributed by atoms with Crippen molar-refractivity contribution in [2.24, 2.45) is 0 Å². The SMILES string of the molecule is CCC(C)(O)CNc1nc(NC)nc(OC(C)C)n1. The van der Waals surface area contributed by atoms with Crippen molar-refractivity contribution >= 4 is 11.9 Å². The Kier molecular flexibility index (Phi) is 5.29. The second-order valence-electron chi connectivity index (χ2n) is 4.89. The Morgan fingerprint density at radius 3 is 2.42 bits per heavy atom. The molecule has 0 amide bonds. The lowest BCUT2D eigenvalue weighted by Gasteiger charge is -2.21. The van der Waals surface area contributed by atoms with Gasteiger partial charge in [0.2, 0.25) is 11.9 Å². The van der Waals surface area contributed by atoms with Crippen molar-refractivity contribution in [3.8, 4) is 6.01 Å². The van der Waals surface area contributed by atoms with Gasteiger partial charge in [0.05, 0.1) is 11.7 Å². The van der Waals surface area contributed by atoms with Crippen LogP contribution in [-0.2, 0) is 0 Å². The molecule has 7 nitrogen and oxygen atoms in total. The molecule has 0 radical (unpaired) electrons. The first-order valence-electron chi connectivity index (χ1n) is 6.43. The van der Waals surface area contributed by atoms with Crippen LogP contribution < -0.4 is 15.4 Å². The Hall–Kier alpha value is -1.63. The lowest BCUT2D eigenvalue weighted by molar-refractivity contribution is 0.0695. The van der Waals surface area contributed by atoms with Crippen molar-refractivity contribution in [2.75, 3.05) is 24.2 Å². The normalized spacial score (nSPS) is 14.1. The van der Waals surface area contributed by atoms with E-state index in [4.69, 9.17) is 4.74 Å². The van der Waals surface area contributed by atoms with Crippen LogP contribution in [0, 0.1) is 0 Å². The van der Waals surface area contributed by atoms with Crippen LogP contribution in [0.3, 0.4) is 0 Å². The predicted octanol–water partition coefficient (Wildman–Crippen LogP) is 1.27. The van der Waals surface area contributed by atoms with Crippen LogP contribution in [0.1, 0.15) is 34.1 Å². The first-order chi connectivity index (χ1) is 8.86. The number of aliphatic hydroxyl groups is 1. The molecule has 1 aromatic heterocycles. The van der Waals surface area contributed by atoms with E-state index in [-0.39, 0.29) is 12.1 Å². The van der Waals surface area contributed by atoms with Crippen molar-refractivity contribution in [3.05, 3.63) is 0 Å². The Balaban J connectivity index is 2.82. The van der Waals surface area contributed by atoms with Gasteiger partial charge in [0, 0.05) is 13.6 Å². The first kappa shape index (κ1) is 15.4.